The quantitative estimate of drug-likeness (QED) is 0.495. The Kier molecular flexibility index (Phi) is 5.50. The first kappa shape index (κ1) is 19.8. The fourth-order valence-electron chi connectivity index (χ4n) is 3.91. The van der Waals surface area contributed by atoms with Crippen molar-refractivity contribution in [2.45, 2.75) is 39.2 Å². The van der Waals surface area contributed by atoms with Crippen LogP contribution in [0.15, 0.2) is 53.0 Å². The van der Waals surface area contributed by atoms with Crippen molar-refractivity contribution in [2.24, 2.45) is 0 Å². The predicted molar refractivity (Wildman–Crippen MR) is 120 cm³/mol. The van der Waals surface area contributed by atoms with Gasteiger partial charge in [-0.3, -0.25) is 4.79 Å². The highest BCUT2D eigenvalue weighted by atomic mass is 79.9. The Bertz CT molecular complexity index is 1080. The van der Waals surface area contributed by atoms with Crippen LogP contribution in [-0.4, -0.2) is 18.6 Å². The Morgan fingerprint density at radius 3 is 2.59 bits per heavy atom. The highest BCUT2D eigenvalue weighted by molar-refractivity contribution is 9.10. The highest BCUT2D eigenvalue weighted by Crippen LogP contribution is 2.45. The molecule has 4 rings (SSSR count). The van der Waals surface area contributed by atoms with Crippen LogP contribution in [-0.2, 0) is 4.79 Å². The second-order valence-electron chi connectivity index (χ2n) is 7.48. The van der Waals surface area contributed by atoms with Gasteiger partial charge in [-0.15, -0.1) is 0 Å². The number of rotatable bonds is 5. The van der Waals surface area contributed by atoms with E-state index in [-0.39, 0.29) is 17.9 Å². The van der Waals surface area contributed by atoms with E-state index in [1.807, 2.05) is 57.2 Å². The lowest BCUT2D eigenvalue weighted by Crippen LogP contribution is -2.24. The Hall–Kier alpha value is -2.53. The molecular weight excluding hydrogens is 430 g/mol. The number of fused-ring (bicyclic) bond motifs is 3. The number of benzene rings is 3. The zero-order valence-corrected chi connectivity index (χ0v) is 18.4. The summed E-state index contributed by atoms with van der Waals surface area (Å²) >= 11 is 3.71. The fraction of sp³-hybridized carbons (Fsp3) is 0.292. The summed E-state index contributed by atoms with van der Waals surface area (Å²) < 4.78 is 12.8. The number of amides is 1. The maximum absolute atomic E-state index is 12.6. The van der Waals surface area contributed by atoms with Gasteiger partial charge in [-0.2, -0.15) is 0 Å². The van der Waals surface area contributed by atoms with Crippen molar-refractivity contribution in [3.63, 3.8) is 0 Å². The molecule has 1 heterocycles. The van der Waals surface area contributed by atoms with Crippen molar-refractivity contribution in [2.75, 3.05) is 11.9 Å². The summed E-state index contributed by atoms with van der Waals surface area (Å²) in [4.78, 5) is 12.6. The van der Waals surface area contributed by atoms with Crippen molar-refractivity contribution < 1.29 is 14.3 Å². The lowest BCUT2D eigenvalue weighted by atomic mass is 9.83. The summed E-state index contributed by atoms with van der Waals surface area (Å²) in [6.45, 7) is 6.50. The molecule has 0 radical (unpaired) electrons. The summed E-state index contributed by atoms with van der Waals surface area (Å²) in [5, 5.41) is 5.22. The second-order valence-corrected chi connectivity index (χ2v) is 8.33. The van der Waals surface area contributed by atoms with Crippen LogP contribution in [0.4, 0.5) is 5.69 Å². The normalized spacial score (nSPS) is 15.9. The molecule has 1 N–H and O–H groups in total. The number of halogens is 1. The van der Waals surface area contributed by atoms with Crippen LogP contribution in [0.1, 0.15) is 44.2 Å². The first-order chi connectivity index (χ1) is 14.0. The van der Waals surface area contributed by atoms with E-state index in [1.54, 1.807) is 0 Å². The van der Waals surface area contributed by atoms with Crippen molar-refractivity contribution in [3.05, 3.63) is 64.1 Å². The molecule has 0 saturated heterocycles. The molecule has 150 valence electrons. The third-order valence-corrected chi connectivity index (χ3v) is 5.74. The molecule has 0 aromatic heterocycles. The monoisotopic (exact) mass is 453 g/mol. The molecule has 0 aliphatic carbocycles. The van der Waals surface area contributed by atoms with Crippen LogP contribution >= 0.6 is 15.9 Å². The Labute approximate surface area is 179 Å². The van der Waals surface area contributed by atoms with Crippen LogP contribution in [0.2, 0.25) is 0 Å². The van der Waals surface area contributed by atoms with Crippen LogP contribution in [0.25, 0.3) is 10.8 Å². The van der Waals surface area contributed by atoms with Gasteiger partial charge in [-0.1, -0.05) is 46.3 Å². The molecule has 0 saturated carbocycles. The molecule has 0 spiro atoms. The topological polar surface area (TPSA) is 47.6 Å². The Morgan fingerprint density at radius 1 is 1.10 bits per heavy atom. The zero-order chi connectivity index (χ0) is 20.5. The van der Waals surface area contributed by atoms with Crippen LogP contribution in [0.5, 0.6) is 11.5 Å². The molecule has 0 bridgehead atoms. The van der Waals surface area contributed by atoms with Gasteiger partial charge >= 0.3 is 0 Å². The van der Waals surface area contributed by atoms with Gasteiger partial charge in [-0.05, 0) is 55.5 Å². The third kappa shape index (κ3) is 3.84. The summed E-state index contributed by atoms with van der Waals surface area (Å²) in [6, 6.07) is 16.2. The first-order valence-corrected chi connectivity index (χ1v) is 10.7. The number of carbonyl (C=O) groups is 1. The Balaban J connectivity index is 1.85. The summed E-state index contributed by atoms with van der Waals surface area (Å²) in [5.41, 5.74) is 3.04. The van der Waals surface area contributed by atoms with Crippen molar-refractivity contribution >= 4 is 38.3 Å². The summed E-state index contributed by atoms with van der Waals surface area (Å²) in [7, 11) is 0. The molecule has 0 fully saturated rings. The van der Waals surface area contributed by atoms with E-state index in [9.17, 15) is 4.79 Å². The van der Waals surface area contributed by atoms with Gasteiger partial charge in [0.25, 0.3) is 0 Å². The molecule has 3 aromatic rings. The summed E-state index contributed by atoms with van der Waals surface area (Å²) in [6.07, 6.45) is 0.455. The van der Waals surface area contributed by atoms with Gasteiger partial charge in [0.2, 0.25) is 5.91 Å². The lowest BCUT2D eigenvalue weighted by Gasteiger charge is -2.28. The van der Waals surface area contributed by atoms with Gasteiger partial charge in [0.15, 0.2) is 11.5 Å². The van der Waals surface area contributed by atoms with E-state index in [0.29, 0.717) is 18.8 Å². The number of carbonyl (C=O) groups excluding carboxylic acids is 1. The molecule has 5 heteroatoms. The minimum atomic E-state index is -0.0491. The van der Waals surface area contributed by atoms with E-state index >= 15 is 0 Å². The number of anilines is 1. The van der Waals surface area contributed by atoms with Gasteiger partial charge in [0.05, 0.1) is 18.4 Å². The molecule has 4 nitrogen and oxygen atoms in total. The minimum absolute atomic E-state index is 0.0236. The van der Waals surface area contributed by atoms with E-state index in [2.05, 4.69) is 33.4 Å². The van der Waals surface area contributed by atoms with Crippen LogP contribution in [0.3, 0.4) is 0 Å². The number of hydrogen-bond acceptors (Lipinski definition) is 3. The molecule has 29 heavy (non-hydrogen) atoms. The van der Waals surface area contributed by atoms with E-state index in [1.165, 1.54) is 0 Å². The van der Waals surface area contributed by atoms with Crippen LogP contribution < -0.4 is 14.8 Å². The van der Waals surface area contributed by atoms with Crippen molar-refractivity contribution in [1.82, 2.24) is 0 Å². The lowest BCUT2D eigenvalue weighted by molar-refractivity contribution is -0.116. The van der Waals surface area contributed by atoms with E-state index < -0.39 is 0 Å². The SMILES string of the molecule is CCOc1cc([C@H]2CC(=O)Nc3c2cc(Br)c2ccccc32)ccc1OC(C)C. The van der Waals surface area contributed by atoms with Gasteiger partial charge < -0.3 is 14.8 Å². The number of hydrogen-bond donors (Lipinski definition) is 1. The average Bonchev–Trinajstić information content (AvgIpc) is 2.69. The number of ether oxygens (including phenoxy) is 2. The molecule has 1 aliphatic rings. The second kappa shape index (κ2) is 8.07. The van der Waals surface area contributed by atoms with Crippen molar-refractivity contribution in [3.8, 4) is 11.5 Å². The molecule has 1 aliphatic heterocycles. The predicted octanol–water partition coefficient (Wildman–Crippen LogP) is 6.26. The van der Waals surface area contributed by atoms with E-state index in [0.717, 1.165) is 37.8 Å². The average molecular weight is 454 g/mol. The van der Waals surface area contributed by atoms with Crippen LogP contribution in [0, 0.1) is 0 Å². The van der Waals surface area contributed by atoms with E-state index in [4.69, 9.17) is 9.47 Å². The summed E-state index contributed by atoms with van der Waals surface area (Å²) in [5.74, 6) is 1.42. The maximum atomic E-state index is 12.6. The highest BCUT2D eigenvalue weighted by Gasteiger charge is 2.29. The van der Waals surface area contributed by atoms with Crippen molar-refractivity contribution in [1.29, 1.82) is 0 Å². The minimum Gasteiger partial charge on any atom is -0.490 e. The largest absolute Gasteiger partial charge is 0.490 e. The smallest absolute Gasteiger partial charge is 0.225 e. The zero-order valence-electron chi connectivity index (χ0n) is 16.8. The fourth-order valence-corrected chi connectivity index (χ4v) is 4.50. The third-order valence-electron chi connectivity index (χ3n) is 5.09. The standard InChI is InChI=1S/C24H24BrNO3/c1-4-28-22-11-15(9-10-21(22)29-14(2)3)18-13-23(27)26-24-17-8-6-5-7-16(17)20(25)12-19(18)24/h5-12,14,18H,4,13H2,1-3H3,(H,26,27)/t18-/m1/s1. The molecule has 1 amide bonds. The molecule has 0 unspecified atom stereocenters. The van der Waals surface area contributed by atoms with Gasteiger partial charge in [0.1, 0.15) is 0 Å². The first-order valence-electron chi connectivity index (χ1n) is 9.92. The molecule has 1 atom stereocenters. The maximum Gasteiger partial charge on any atom is 0.225 e. The Morgan fingerprint density at radius 2 is 1.86 bits per heavy atom. The number of nitrogens with one attached hydrogen (secondary N) is 1. The molecular formula is C24H24BrNO3. The van der Waals surface area contributed by atoms with Gasteiger partial charge in [-0.25, -0.2) is 0 Å². The molecule has 3 aromatic carbocycles. The van der Waals surface area contributed by atoms with Gasteiger partial charge in [0, 0.05) is 22.2 Å².